The minimum absolute atomic E-state index is 0.312. The predicted molar refractivity (Wildman–Crippen MR) is 78.6 cm³/mol. The first kappa shape index (κ1) is 15.2. The van der Waals surface area contributed by atoms with E-state index in [4.69, 9.17) is 9.47 Å². The number of hydrogen-bond donors (Lipinski definition) is 0. The number of benzene rings is 1. The first-order chi connectivity index (χ1) is 10.2. The number of esters is 1. The zero-order chi connectivity index (χ0) is 15.2. The van der Waals surface area contributed by atoms with Crippen LogP contribution in [0.5, 0.6) is 0 Å². The van der Waals surface area contributed by atoms with E-state index in [9.17, 15) is 9.59 Å². The highest BCUT2D eigenvalue weighted by Gasteiger charge is 2.24. The van der Waals surface area contributed by atoms with Gasteiger partial charge in [0.1, 0.15) is 0 Å². The fraction of sp³-hybridized carbons (Fsp3) is 0.467. The van der Waals surface area contributed by atoms with E-state index in [-0.39, 0.29) is 12.1 Å². The summed E-state index contributed by atoms with van der Waals surface area (Å²) in [5, 5.41) is 0. The van der Waals surface area contributed by atoms with Crippen molar-refractivity contribution in [1.29, 1.82) is 0 Å². The van der Waals surface area contributed by atoms with Gasteiger partial charge >= 0.3 is 12.1 Å². The van der Waals surface area contributed by atoms with Crippen LogP contribution in [-0.2, 0) is 9.47 Å². The number of carbonyl (C=O) groups is 2. The maximum atomic E-state index is 12.0. The first-order valence-corrected chi connectivity index (χ1v) is 7.01. The number of anilines is 1. The van der Waals surface area contributed by atoms with Gasteiger partial charge in [-0.3, -0.25) is 0 Å². The van der Waals surface area contributed by atoms with E-state index in [0.29, 0.717) is 38.3 Å². The monoisotopic (exact) mass is 292 g/mol. The van der Waals surface area contributed by atoms with Crippen molar-refractivity contribution in [2.45, 2.75) is 6.92 Å². The Morgan fingerprint density at radius 1 is 1.14 bits per heavy atom. The van der Waals surface area contributed by atoms with Crippen molar-refractivity contribution in [3.63, 3.8) is 0 Å². The number of ether oxygens (including phenoxy) is 2. The number of amides is 1. The Morgan fingerprint density at radius 2 is 1.81 bits per heavy atom. The molecule has 1 heterocycles. The maximum Gasteiger partial charge on any atom is 0.409 e. The summed E-state index contributed by atoms with van der Waals surface area (Å²) in [6, 6.07) is 7.38. The van der Waals surface area contributed by atoms with Gasteiger partial charge in [-0.25, -0.2) is 9.59 Å². The predicted octanol–water partition coefficient (Wildman–Crippen LogP) is 1.75. The maximum absolute atomic E-state index is 12.0. The summed E-state index contributed by atoms with van der Waals surface area (Å²) < 4.78 is 9.80. The van der Waals surface area contributed by atoms with Crippen molar-refractivity contribution in [2.75, 3.05) is 44.8 Å². The molecule has 1 saturated heterocycles. The zero-order valence-corrected chi connectivity index (χ0v) is 12.4. The van der Waals surface area contributed by atoms with Crippen LogP contribution >= 0.6 is 0 Å². The molecular weight excluding hydrogens is 272 g/mol. The molecule has 1 fully saturated rings. The normalized spacial score (nSPS) is 14.8. The molecule has 1 amide bonds. The van der Waals surface area contributed by atoms with Crippen LogP contribution in [0.15, 0.2) is 24.3 Å². The SMILES string of the molecule is CCOC(=O)c1ccccc1N1CCN(C(=O)OC)CC1. The van der Waals surface area contributed by atoms with Crippen molar-refractivity contribution in [3.8, 4) is 0 Å². The van der Waals surface area contributed by atoms with Crippen molar-refractivity contribution in [2.24, 2.45) is 0 Å². The quantitative estimate of drug-likeness (QED) is 0.794. The smallest absolute Gasteiger partial charge is 0.409 e. The van der Waals surface area contributed by atoms with Gasteiger partial charge < -0.3 is 19.3 Å². The molecule has 0 N–H and O–H groups in total. The molecule has 0 radical (unpaired) electrons. The van der Waals surface area contributed by atoms with Crippen LogP contribution in [0.3, 0.4) is 0 Å². The molecule has 1 aliphatic heterocycles. The Labute approximate surface area is 124 Å². The van der Waals surface area contributed by atoms with Gasteiger partial charge in [-0.15, -0.1) is 0 Å². The second kappa shape index (κ2) is 6.97. The van der Waals surface area contributed by atoms with E-state index in [2.05, 4.69) is 4.90 Å². The van der Waals surface area contributed by atoms with Crippen molar-refractivity contribution in [3.05, 3.63) is 29.8 Å². The third-order valence-electron chi connectivity index (χ3n) is 3.45. The lowest BCUT2D eigenvalue weighted by atomic mass is 10.1. The largest absolute Gasteiger partial charge is 0.462 e. The molecule has 1 aliphatic rings. The number of rotatable bonds is 3. The minimum atomic E-state index is -0.316. The van der Waals surface area contributed by atoms with Crippen LogP contribution in [0.25, 0.3) is 0 Å². The van der Waals surface area contributed by atoms with Crippen LogP contribution in [0, 0.1) is 0 Å². The topological polar surface area (TPSA) is 59.1 Å². The van der Waals surface area contributed by atoms with Gasteiger partial charge in [0.05, 0.1) is 25.0 Å². The highest BCUT2D eigenvalue weighted by molar-refractivity contribution is 5.96. The van der Waals surface area contributed by atoms with Crippen molar-refractivity contribution >= 4 is 17.7 Å². The minimum Gasteiger partial charge on any atom is -0.462 e. The lowest BCUT2D eigenvalue weighted by Crippen LogP contribution is -2.49. The number of carbonyl (C=O) groups excluding carboxylic acids is 2. The van der Waals surface area contributed by atoms with Gasteiger partial charge in [-0.2, -0.15) is 0 Å². The van der Waals surface area contributed by atoms with E-state index in [1.807, 2.05) is 18.2 Å². The van der Waals surface area contributed by atoms with Gasteiger partial charge in [-0.1, -0.05) is 12.1 Å². The van der Waals surface area contributed by atoms with Crippen LogP contribution in [0.1, 0.15) is 17.3 Å². The lowest BCUT2D eigenvalue weighted by Gasteiger charge is -2.35. The molecule has 0 bridgehead atoms. The second-order valence-electron chi connectivity index (χ2n) is 4.68. The zero-order valence-electron chi connectivity index (χ0n) is 12.4. The molecule has 114 valence electrons. The van der Waals surface area contributed by atoms with Gasteiger partial charge in [-0.05, 0) is 19.1 Å². The highest BCUT2D eigenvalue weighted by Crippen LogP contribution is 2.22. The van der Waals surface area contributed by atoms with Crippen molar-refractivity contribution < 1.29 is 19.1 Å². The van der Waals surface area contributed by atoms with Gasteiger partial charge in [0, 0.05) is 26.2 Å². The number of nitrogens with zero attached hydrogens (tertiary/aromatic N) is 2. The molecule has 6 heteroatoms. The number of methoxy groups -OCH3 is 1. The molecule has 6 nitrogen and oxygen atoms in total. The fourth-order valence-corrected chi connectivity index (χ4v) is 2.39. The van der Waals surface area contributed by atoms with Crippen LogP contribution in [0.2, 0.25) is 0 Å². The molecule has 1 aromatic carbocycles. The molecule has 0 atom stereocenters. The molecule has 0 aromatic heterocycles. The van der Waals surface area contributed by atoms with Gasteiger partial charge in [0.2, 0.25) is 0 Å². The van der Waals surface area contributed by atoms with E-state index < -0.39 is 0 Å². The summed E-state index contributed by atoms with van der Waals surface area (Å²) in [7, 11) is 1.38. The van der Waals surface area contributed by atoms with Crippen LogP contribution in [-0.4, -0.2) is 56.9 Å². The summed E-state index contributed by atoms with van der Waals surface area (Å²) in [4.78, 5) is 27.2. The molecular formula is C15H20N2O4. The first-order valence-electron chi connectivity index (χ1n) is 7.01. The Bertz CT molecular complexity index is 510. The number of hydrogen-bond acceptors (Lipinski definition) is 5. The Hall–Kier alpha value is -2.24. The average molecular weight is 292 g/mol. The van der Waals surface area contributed by atoms with Crippen LogP contribution < -0.4 is 4.90 Å². The number of piperazine rings is 1. The molecule has 21 heavy (non-hydrogen) atoms. The highest BCUT2D eigenvalue weighted by atomic mass is 16.5. The summed E-state index contributed by atoms with van der Waals surface area (Å²) in [5.74, 6) is -0.316. The van der Waals surface area contributed by atoms with E-state index >= 15 is 0 Å². The van der Waals surface area contributed by atoms with Gasteiger partial charge in [0.25, 0.3) is 0 Å². The molecule has 0 aliphatic carbocycles. The van der Waals surface area contributed by atoms with E-state index in [0.717, 1.165) is 5.69 Å². The molecule has 0 saturated carbocycles. The summed E-state index contributed by atoms with van der Waals surface area (Å²) in [6.07, 6.45) is -0.312. The summed E-state index contributed by atoms with van der Waals surface area (Å²) >= 11 is 0. The Balaban J connectivity index is 2.10. The molecule has 0 spiro atoms. The molecule has 0 unspecified atom stereocenters. The summed E-state index contributed by atoms with van der Waals surface area (Å²) in [5.41, 5.74) is 1.41. The second-order valence-corrected chi connectivity index (χ2v) is 4.68. The van der Waals surface area contributed by atoms with Crippen molar-refractivity contribution in [1.82, 2.24) is 4.90 Å². The lowest BCUT2D eigenvalue weighted by molar-refractivity contribution is 0.0526. The van der Waals surface area contributed by atoms with E-state index in [1.165, 1.54) is 7.11 Å². The van der Waals surface area contributed by atoms with E-state index in [1.54, 1.807) is 17.9 Å². The standard InChI is InChI=1S/C15H20N2O4/c1-3-21-14(18)12-6-4-5-7-13(12)16-8-10-17(11-9-16)15(19)20-2/h4-7H,3,8-11H2,1-2H3. The molecule has 2 rings (SSSR count). The third-order valence-corrected chi connectivity index (χ3v) is 3.45. The number of para-hydroxylation sites is 1. The third kappa shape index (κ3) is 3.45. The van der Waals surface area contributed by atoms with Crippen LogP contribution in [0.4, 0.5) is 10.5 Å². The summed E-state index contributed by atoms with van der Waals surface area (Å²) in [6.45, 7) is 4.60. The average Bonchev–Trinajstić information content (AvgIpc) is 2.54. The molecule has 1 aromatic rings. The fourth-order valence-electron chi connectivity index (χ4n) is 2.39. The Morgan fingerprint density at radius 3 is 2.43 bits per heavy atom. The van der Waals surface area contributed by atoms with Gasteiger partial charge in [0.15, 0.2) is 0 Å². The Kier molecular flexibility index (Phi) is 5.03.